The normalized spacial score (nSPS) is 24.9. The zero-order chi connectivity index (χ0) is 15.6. The first kappa shape index (κ1) is 15.8. The van der Waals surface area contributed by atoms with Crippen molar-refractivity contribution >= 4 is 5.91 Å². The first-order valence-electron chi connectivity index (χ1n) is 7.22. The molecule has 0 bridgehead atoms. The molecule has 1 aliphatic rings. The topological polar surface area (TPSA) is 70.0 Å². The molecule has 2 N–H and O–H groups in total. The van der Waals surface area contributed by atoms with Crippen LogP contribution in [-0.4, -0.2) is 52.9 Å². The van der Waals surface area contributed by atoms with Gasteiger partial charge in [0, 0.05) is 7.05 Å². The van der Waals surface area contributed by atoms with Crippen molar-refractivity contribution in [2.24, 2.45) is 0 Å². The van der Waals surface area contributed by atoms with Crippen molar-refractivity contribution in [1.82, 2.24) is 4.90 Å². The van der Waals surface area contributed by atoms with E-state index in [1.54, 1.807) is 7.05 Å². The van der Waals surface area contributed by atoms with Gasteiger partial charge in [0.25, 0.3) is 5.91 Å². The van der Waals surface area contributed by atoms with Crippen LogP contribution in [0.5, 0.6) is 5.75 Å². The van der Waals surface area contributed by atoms with Gasteiger partial charge in [-0.3, -0.25) is 4.79 Å². The number of ether oxygens (including phenoxy) is 1. The Morgan fingerprint density at radius 1 is 1.29 bits per heavy atom. The summed E-state index contributed by atoms with van der Waals surface area (Å²) < 4.78 is 5.64. The Kier molecular flexibility index (Phi) is 4.85. The van der Waals surface area contributed by atoms with Crippen molar-refractivity contribution < 1.29 is 19.7 Å². The van der Waals surface area contributed by atoms with E-state index in [9.17, 15) is 15.0 Å². The van der Waals surface area contributed by atoms with Crippen LogP contribution in [0.1, 0.15) is 24.0 Å². The third-order valence-electron chi connectivity index (χ3n) is 4.19. The van der Waals surface area contributed by atoms with E-state index >= 15 is 0 Å². The molecule has 1 fully saturated rings. The highest BCUT2D eigenvalue weighted by Gasteiger charge is 2.37. The van der Waals surface area contributed by atoms with Gasteiger partial charge < -0.3 is 19.8 Å². The highest BCUT2D eigenvalue weighted by atomic mass is 16.5. The molecule has 3 atom stereocenters. The summed E-state index contributed by atoms with van der Waals surface area (Å²) in [6.07, 6.45) is -0.501. The molecule has 0 aliphatic heterocycles. The van der Waals surface area contributed by atoms with Crippen molar-refractivity contribution in [1.29, 1.82) is 0 Å². The SMILES string of the molecule is Cc1cccc(C)c1OCC(=O)N(C)[C@@H]1CC[C@@H](O)[C@@H]1O. The number of likely N-dealkylation sites (N-methyl/N-ethyl adjacent to an activating group) is 1. The van der Waals surface area contributed by atoms with Crippen LogP contribution in [0.3, 0.4) is 0 Å². The number of aliphatic hydroxyl groups is 2. The molecule has 21 heavy (non-hydrogen) atoms. The molecule has 1 aliphatic carbocycles. The van der Waals surface area contributed by atoms with E-state index in [0.717, 1.165) is 16.9 Å². The van der Waals surface area contributed by atoms with Crippen LogP contribution in [0, 0.1) is 13.8 Å². The number of aryl methyl sites for hydroxylation is 2. The minimum Gasteiger partial charge on any atom is -0.483 e. The average Bonchev–Trinajstić information content (AvgIpc) is 2.77. The number of hydrogen-bond donors (Lipinski definition) is 2. The van der Waals surface area contributed by atoms with Crippen molar-refractivity contribution in [2.75, 3.05) is 13.7 Å². The second-order valence-electron chi connectivity index (χ2n) is 5.72. The van der Waals surface area contributed by atoms with E-state index in [0.29, 0.717) is 12.8 Å². The number of amides is 1. The maximum atomic E-state index is 12.2. The van der Waals surface area contributed by atoms with E-state index in [1.807, 2.05) is 32.0 Å². The molecular formula is C16H23NO4. The van der Waals surface area contributed by atoms with Gasteiger partial charge in [0.05, 0.1) is 12.1 Å². The fourth-order valence-electron chi connectivity index (χ4n) is 2.81. The van der Waals surface area contributed by atoms with Gasteiger partial charge in [-0.1, -0.05) is 18.2 Å². The zero-order valence-electron chi connectivity index (χ0n) is 12.7. The maximum Gasteiger partial charge on any atom is 0.260 e. The number of carbonyl (C=O) groups excluding carboxylic acids is 1. The summed E-state index contributed by atoms with van der Waals surface area (Å²) in [6.45, 7) is 3.81. The van der Waals surface area contributed by atoms with Crippen molar-refractivity contribution in [3.63, 3.8) is 0 Å². The van der Waals surface area contributed by atoms with Crippen LogP contribution in [0.4, 0.5) is 0 Å². The minimum atomic E-state index is -0.876. The zero-order valence-corrected chi connectivity index (χ0v) is 12.7. The van der Waals surface area contributed by atoms with Gasteiger partial charge in [0.15, 0.2) is 6.61 Å². The number of benzene rings is 1. The number of aliphatic hydroxyl groups excluding tert-OH is 2. The Labute approximate surface area is 125 Å². The van der Waals surface area contributed by atoms with Crippen LogP contribution >= 0.6 is 0 Å². The second kappa shape index (κ2) is 6.45. The first-order chi connectivity index (χ1) is 9.91. The second-order valence-corrected chi connectivity index (χ2v) is 5.72. The Bertz CT molecular complexity index is 497. The molecule has 1 aromatic rings. The van der Waals surface area contributed by atoms with Crippen LogP contribution in [0.25, 0.3) is 0 Å². The Balaban J connectivity index is 1.96. The van der Waals surface area contributed by atoms with Gasteiger partial charge in [-0.25, -0.2) is 0 Å². The molecule has 5 heteroatoms. The molecule has 0 saturated heterocycles. The lowest BCUT2D eigenvalue weighted by Gasteiger charge is -2.28. The number of para-hydroxylation sites is 1. The third-order valence-corrected chi connectivity index (χ3v) is 4.19. The number of carbonyl (C=O) groups is 1. The van der Waals surface area contributed by atoms with Crippen LogP contribution in [-0.2, 0) is 4.79 Å². The molecule has 1 aromatic carbocycles. The van der Waals surface area contributed by atoms with Gasteiger partial charge in [-0.15, -0.1) is 0 Å². The van der Waals surface area contributed by atoms with Crippen LogP contribution in [0.15, 0.2) is 18.2 Å². The van der Waals surface area contributed by atoms with Gasteiger partial charge in [0.1, 0.15) is 11.9 Å². The highest BCUT2D eigenvalue weighted by molar-refractivity contribution is 5.78. The molecule has 1 amide bonds. The number of nitrogens with zero attached hydrogens (tertiary/aromatic N) is 1. The molecule has 1 saturated carbocycles. The number of hydrogen-bond acceptors (Lipinski definition) is 4. The number of rotatable bonds is 4. The molecule has 5 nitrogen and oxygen atoms in total. The quantitative estimate of drug-likeness (QED) is 0.870. The predicted molar refractivity (Wildman–Crippen MR) is 79.2 cm³/mol. The predicted octanol–water partition coefficient (Wildman–Crippen LogP) is 1.02. The summed E-state index contributed by atoms with van der Waals surface area (Å²) in [6, 6.07) is 5.48. The largest absolute Gasteiger partial charge is 0.483 e. The first-order valence-corrected chi connectivity index (χ1v) is 7.22. The van der Waals surface area contributed by atoms with Crippen LogP contribution in [0.2, 0.25) is 0 Å². The fraction of sp³-hybridized carbons (Fsp3) is 0.562. The smallest absolute Gasteiger partial charge is 0.260 e. The molecule has 0 aromatic heterocycles. The summed E-state index contributed by atoms with van der Waals surface area (Å²) in [4.78, 5) is 13.7. The lowest BCUT2D eigenvalue weighted by Crippen LogP contribution is -2.46. The standard InChI is InChI=1S/C16H23NO4/c1-10-5-4-6-11(2)16(10)21-9-14(19)17(3)12-7-8-13(18)15(12)20/h4-6,12-13,15,18,20H,7-9H2,1-3H3/t12-,13-,15-/m1/s1. The van der Waals surface area contributed by atoms with Crippen molar-refractivity contribution in [3.8, 4) is 5.75 Å². The van der Waals surface area contributed by atoms with E-state index in [1.165, 1.54) is 4.90 Å². The molecule has 0 heterocycles. The highest BCUT2D eigenvalue weighted by Crippen LogP contribution is 2.25. The molecule has 0 radical (unpaired) electrons. The summed E-state index contributed by atoms with van der Waals surface area (Å²) in [7, 11) is 1.64. The summed E-state index contributed by atoms with van der Waals surface area (Å²) in [5.74, 6) is 0.530. The molecule has 116 valence electrons. The van der Waals surface area contributed by atoms with Gasteiger partial charge >= 0.3 is 0 Å². The van der Waals surface area contributed by atoms with Gasteiger partial charge in [-0.05, 0) is 37.8 Å². The van der Waals surface area contributed by atoms with Crippen LogP contribution < -0.4 is 4.74 Å². The van der Waals surface area contributed by atoms with Crippen molar-refractivity contribution in [2.45, 2.75) is 44.9 Å². The Morgan fingerprint density at radius 2 is 1.90 bits per heavy atom. The maximum absolute atomic E-state index is 12.2. The monoisotopic (exact) mass is 293 g/mol. The van der Waals surface area contributed by atoms with E-state index in [-0.39, 0.29) is 18.6 Å². The summed E-state index contributed by atoms with van der Waals surface area (Å²) >= 11 is 0. The van der Waals surface area contributed by atoms with E-state index in [4.69, 9.17) is 4.74 Å². The third kappa shape index (κ3) is 3.36. The molecule has 0 unspecified atom stereocenters. The lowest BCUT2D eigenvalue weighted by molar-refractivity contribution is -0.136. The van der Waals surface area contributed by atoms with E-state index < -0.39 is 12.2 Å². The molecular weight excluding hydrogens is 270 g/mol. The summed E-state index contributed by atoms with van der Waals surface area (Å²) in [5.41, 5.74) is 1.98. The van der Waals surface area contributed by atoms with Crippen molar-refractivity contribution in [3.05, 3.63) is 29.3 Å². The van der Waals surface area contributed by atoms with Gasteiger partial charge in [0.2, 0.25) is 0 Å². The Morgan fingerprint density at radius 3 is 2.43 bits per heavy atom. The van der Waals surface area contributed by atoms with E-state index in [2.05, 4.69) is 0 Å². The average molecular weight is 293 g/mol. The van der Waals surface area contributed by atoms with Gasteiger partial charge in [-0.2, -0.15) is 0 Å². The lowest BCUT2D eigenvalue weighted by atomic mass is 10.1. The Hall–Kier alpha value is -1.59. The minimum absolute atomic E-state index is 0.0679. The summed E-state index contributed by atoms with van der Waals surface area (Å²) in [5, 5.41) is 19.4. The molecule has 2 rings (SSSR count). The molecule has 0 spiro atoms. The fourth-order valence-corrected chi connectivity index (χ4v) is 2.81.